The quantitative estimate of drug-likeness (QED) is 0.879. The summed E-state index contributed by atoms with van der Waals surface area (Å²) in [5.74, 6) is -0.500. The largest absolute Gasteiger partial charge is 0.497 e. The molecule has 0 aliphatic carbocycles. The fourth-order valence-electron chi connectivity index (χ4n) is 2.17. The Morgan fingerprint density at radius 1 is 1.33 bits per heavy atom. The minimum absolute atomic E-state index is 0.234. The van der Waals surface area contributed by atoms with Crippen LogP contribution in [0, 0.1) is 0 Å². The molecule has 1 atom stereocenters. The fraction of sp³-hybridized carbons (Fsp3) is 0.385. The van der Waals surface area contributed by atoms with Crippen LogP contribution in [0.2, 0.25) is 0 Å². The number of hydrogen-bond donors (Lipinski definition) is 1. The topological polar surface area (TPSA) is 66.8 Å². The van der Waals surface area contributed by atoms with Gasteiger partial charge in [0, 0.05) is 12.1 Å². The predicted molar refractivity (Wildman–Crippen MR) is 64.7 cm³/mol. The van der Waals surface area contributed by atoms with Crippen LogP contribution < -0.4 is 4.74 Å². The molecule has 5 nitrogen and oxygen atoms in total. The van der Waals surface area contributed by atoms with E-state index in [0.29, 0.717) is 24.3 Å². The Labute approximate surface area is 105 Å². The van der Waals surface area contributed by atoms with Gasteiger partial charge in [0.25, 0.3) is 5.91 Å². The molecule has 96 valence electrons. The van der Waals surface area contributed by atoms with Gasteiger partial charge >= 0.3 is 5.97 Å². The summed E-state index contributed by atoms with van der Waals surface area (Å²) in [5, 5.41) is 9.05. The highest BCUT2D eigenvalue weighted by atomic mass is 16.5. The van der Waals surface area contributed by atoms with Crippen LogP contribution in [0.5, 0.6) is 5.75 Å². The number of benzene rings is 1. The fourth-order valence-corrected chi connectivity index (χ4v) is 2.17. The van der Waals surface area contributed by atoms with E-state index in [2.05, 4.69) is 0 Å². The summed E-state index contributed by atoms with van der Waals surface area (Å²) in [6.45, 7) is 0.502. The van der Waals surface area contributed by atoms with E-state index >= 15 is 0 Å². The van der Waals surface area contributed by atoms with E-state index < -0.39 is 12.0 Å². The third-order valence-electron chi connectivity index (χ3n) is 3.14. The average molecular weight is 249 g/mol. The number of methoxy groups -OCH3 is 1. The predicted octanol–water partition coefficient (Wildman–Crippen LogP) is 1.38. The van der Waals surface area contributed by atoms with Gasteiger partial charge in [-0.15, -0.1) is 0 Å². The molecule has 0 radical (unpaired) electrons. The lowest BCUT2D eigenvalue weighted by atomic mass is 10.1. The molecule has 1 aromatic rings. The number of carboxylic acids is 1. The summed E-state index contributed by atoms with van der Waals surface area (Å²) < 4.78 is 5.01. The summed E-state index contributed by atoms with van der Waals surface area (Å²) in [4.78, 5) is 24.6. The number of nitrogens with zero attached hydrogens (tertiary/aromatic N) is 1. The lowest BCUT2D eigenvalue weighted by molar-refractivity contribution is -0.141. The van der Waals surface area contributed by atoms with E-state index in [9.17, 15) is 9.59 Å². The first kappa shape index (κ1) is 12.4. The third kappa shape index (κ3) is 2.30. The molecule has 1 aromatic carbocycles. The molecule has 0 aromatic heterocycles. The molecule has 1 heterocycles. The molecular weight excluding hydrogens is 234 g/mol. The zero-order valence-corrected chi connectivity index (χ0v) is 10.1. The van der Waals surface area contributed by atoms with E-state index in [1.807, 2.05) is 0 Å². The monoisotopic (exact) mass is 249 g/mol. The van der Waals surface area contributed by atoms with Crippen LogP contribution in [-0.2, 0) is 4.79 Å². The highest BCUT2D eigenvalue weighted by Crippen LogP contribution is 2.21. The van der Waals surface area contributed by atoms with Gasteiger partial charge in [-0.3, -0.25) is 4.79 Å². The highest BCUT2D eigenvalue weighted by Gasteiger charge is 2.34. The first-order chi connectivity index (χ1) is 8.63. The number of likely N-dealkylation sites (tertiary alicyclic amines) is 1. The number of hydrogen-bond acceptors (Lipinski definition) is 3. The van der Waals surface area contributed by atoms with Crippen molar-refractivity contribution in [3.8, 4) is 5.75 Å². The minimum atomic E-state index is -0.936. The maximum Gasteiger partial charge on any atom is 0.326 e. The summed E-state index contributed by atoms with van der Waals surface area (Å²) in [6.07, 6.45) is 1.26. The van der Waals surface area contributed by atoms with E-state index in [1.165, 1.54) is 4.90 Å². The van der Waals surface area contributed by atoms with Crippen LogP contribution >= 0.6 is 0 Å². The maximum atomic E-state index is 12.2. The summed E-state index contributed by atoms with van der Waals surface area (Å²) in [5.41, 5.74) is 0.490. The number of ether oxygens (including phenoxy) is 1. The summed E-state index contributed by atoms with van der Waals surface area (Å²) in [7, 11) is 1.55. The van der Waals surface area contributed by atoms with Crippen LogP contribution in [-0.4, -0.2) is 41.6 Å². The zero-order chi connectivity index (χ0) is 13.1. The van der Waals surface area contributed by atoms with Gasteiger partial charge in [0.1, 0.15) is 11.8 Å². The Balaban J connectivity index is 2.17. The van der Waals surface area contributed by atoms with Crippen molar-refractivity contribution in [2.45, 2.75) is 18.9 Å². The van der Waals surface area contributed by atoms with Crippen LogP contribution in [0.25, 0.3) is 0 Å². The molecule has 1 aliphatic heterocycles. The number of carboxylic acid groups (broad SMARTS) is 1. The smallest absolute Gasteiger partial charge is 0.326 e. The molecule has 1 aliphatic rings. The second kappa shape index (κ2) is 5.08. The summed E-state index contributed by atoms with van der Waals surface area (Å²) in [6, 6.07) is 5.99. The van der Waals surface area contributed by atoms with E-state index in [4.69, 9.17) is 9.84 Å². The maximum absolute atomic E-state index is 12.2. The van der Waals surface area contributed by atoms with Gasteiger partial charge in [0.05, 0.1) is 7.11 Å². The SMILES string of the molecule is COc1ccc(C(=O)N2CCC[C@@H]2C(=O)O)cc1. The van der Waals surface area contributed by atoms with Crippen LogP contribution in [0.4, 0.5) is 0 Å². The van der Waals surface area contributed by atoms with Gasteiger partial charge in [0.15, 0.2) is 0 Å². The van der Waals surface area contributed by atoms with Crippen molar-refractivity contribution in [2.24, 2.45) is 0 Å². The molecule has 1 amide bonds. The molecule has 1 N–H and O–H groups in total. The van der Waals surface area contributed by atoms with Gasteiger partial charge < -0.3 is 14.7 Å². The van der Waals surface area contributed by atoms with E-state index in [1.54, 1.807) is 31.4 Å². The Bertz CT molecular complexity index is 455. The van der Waals surface area contributed by atoms with Crippen molar-refractivity contribution >= 4 is 11.9 Å². The third-order valence-corrected chi connectivity index (χ3v) is 3.14. The number of aliphatic carboxylic acids is 1. The second-order valence-electron chi connectivity index (χ2n) is 4.22. The Morgan fingerprint density at radius 2 is 2.00 bits per heavy atom. The van der Waals surface area contributed by atoms with Gasteiger partial charge in [-0.2, -0.15) is 0 Å². The highest BCUT2D eigenvalue weighted by molar-refractivity contribution is 5.97. The number of rotatable bonds is 3. The first-order valence-electron chi connectivity index (χ1n) is 5.81. The first-order valence-corrected chi connectivity index (χ1v) is 5.81. The standard InChI is InChI=1S/C13H15NO4/c1-18-10-6-4-9(5-7-10)12(15)14-8-2-3-11(14)13(16)17/h4-7,11H,2-3,8H2,1H3,(H,16,17)/t11-/m1/s1. The average Bonchev–Trinajstić information content (AvgIpc) is 2.87. The molecule has 0 bridgehead atoms. The number of carbonyl (C=O) groups excluding carboxylic acids is 1. The molecule has 18 heavy (non-hydrogen) atoms. The van der Waals surface area contributed by atoms with Crippen molar-refractivity contribution in [1.29, 1.82) is 0 Å². The normalized spacial score (nSPS) is 18.7. The molecule has 2 rings (SSSR count). The van der Waals surface area contributed by atoms with Crippen LogP contribution in [0.1, 0.15) is 23.2 Å². The van der Waals surface area contributed by atoms with E-state index in [-0.39, 0.29) is 5.91 Å². The Kier molecular flexibility index (Phi) is 3.50. The molecule has 0 spiro atoms. The molecule has 1 saturated heterocycles. The minimum Gasteiger partial charge on any atom is -0.497 e. The van der Waals surface area contributed by atoms with Crippen LogP contribution in [0.3, 0.4) is 0 Å². The summed E-state index contributed by atoms with van der Waals surface area (Å²) >= 11 is 0. The Morgan fingerprint density at radius 3 is 2.56 bits per heavy atom. The lowest BCUT2D eigenvalue weighted by Gasteiger charge is -2.21. The van der Waals surface area contributed by atoms with Crippen molar-refractivity contribution in [1.82, 2.24) is 4.90 Å². The van der Waals surface area contributed by atoms with Gasteiger partial charge in [-0.25, -0.2) is 4.79 Å². The molecule has 0 saturated carbocycles. The Hall–Kier alpha value is -2.04. The molecule has 5 heteroatoms. The molecule has 1 fully saturated rings. The van der Waals surface area contributed by atoms with Crippen molar-refractivity contribution in [2.75, 3.05) is 13.7 Å². The number of carbonyl (C=O) groups is 2. The van der Waals surface area contributed by atoms with Crippen molar-refractivity contribution < 1.29 is 19.4 Å². The van der Waals surface area contributed by atoms with Gasteiger partial charge in [-0.1, -0.05) is 0 Å². The van der Waals surface area contributed by atoms with Gasteiger partial charge in [-0.05, 0) is 37.1 Å². The van der Waals surface area contributed by atoms with Crippen LogP contribution in [0.15, 0.2) is 24.3 Å². The van der Waals surface area contributed by atoms with Crippen molar-refractivity contribution in [3.63, 3.8) is 0 Å². The number of amides is 1. The molecular formula is C13H15NO4. The molecule has 0 unspecified atom stereocenters. The zero-order valence-electron chi connectivity index (χ0n) is 10.1. The van der Waals surface area contributed by atoms with E-state index in [0.717, 1.165) is 6.42 Å². The van der Waals surface area contributed by atoms with Gasteiger partial charge in [0.2, 0.25) is 0 Å². The second-order valence-corrected chi connectivity index (χ2v) is 4.22. The lowest BCUT2D eigenvalue weighted by Crippen LogP contribution is -2.40. The van der Waals surface area contributed by atoms with Crippen molar-refractivity contribution in [3.05, 3.63) is 29.8 Å².